The molecule has 1 fully saturated rings. The molecule has 1 saturated carbocycles. The lowest BCUT2D eigenvalue weighted by atomic mass is 9.79. The molecule has 0 aromatic carbocycles. The highest BCUT2D eigenvalue weighted by Gasteiger charge is 2.30. The van der Waals surface area contributed by atoms with Gasteiger partial charge >= 0.3 is 5.97 Å². The van der Waals surface area contributed by atoms with Gasteiger partial charge in [-0.25, -0.2) is 0 Å². The van der Waals surface area contributed by atoms with Crippen LogP contribution < -0.4 is 10.1 Å². The number of ether oxygens (including phenoxy) is 1. The predicted octanol–water partition coefficient (Wildman–Crippen LogP) is 2.57. The van der Waals surface area contributed by atoms with Gasteiger partial charge in [-0.1, -0.05) is 19.8 Å². The van der Waals surface area contributed by atoms with Crippen molar-refractivity contribution in [1.82, 2.24) is 9.97 Å². The van der Waals surface area contributed by atoms with Crippen LogP contribution in [-0.4, -0.2) is 34.2 Å². The molecule has 1 heterocycles. The van der Waals surface area contributed by atoms with E-state index in [0.29, 0.717) is 24.8 Å². The highest BCUT2D eigenvalue weighted by molar-refractivity contribution is 5.70. The fraction of sp³-hybridized carbons (Fsp3) is 0.667. The molecule has 0 bridgehead atoms. The zero-order chi connectivity index (χ0) is 15.1. The number of anilines is 1. The van der Waals surface area contributed by atoms with Gasteiger partial charge in [0.1, 0.15) is 5.82 Å². The first-order valence-corrected chi connectivity index (χ1v) is 7.62. The number of hydrogen-bond donors (Lipinski definition) is 2. The number of nitrogens with one attached hydrogen (secondary N) is 1. The third kappa shape index (κ3) is 4.58. The molecule has 2 atom stereocenters. The first kappa shape index (κ1) is 15.5. The van der Waals surface area contributed by atoms with Crippen LogP contribution in [0.2, 0.25) is 0 Å². The van der Waals surface area contributed by atoms with Crippen LogP contribution in [0.15, 0.2) is 12.4 Å². The third-order valence-corrected chi connectivity index (χ3v) is 3.84. The van der Waals surface area contributed by atoms with E-state index in [0.717, 1.165) is 32.1 Å². The van der Waals surface area contributed by atoms with Gasteiger partial charge in [0.05, 0.1) is 24.9 Å². The molecule has 1 aromatic rings. The van der Waals surface area contributed by atoms with Crippen LogP contribution in [0.1, 0.15) is 39.0 Å². The molecule has 2 unspecified atom stereocenters. The molecule has 6 nitrogen and oxygen atoms in total. The molecule has 2 rings (SSSR count). The fourth-order valence-electron chi connectivity index (χ4n) is 2.72. The summed E-state index contributed by atoms with van der Waals surface area (Å²) in [5.41, 5.74) is 0. The van der Waals surface area contributed by atoms with E-state index in [2.05, 4.69) is 15.3 Å². The number of rotatable bonds is 7. The maximum Gasteiger partial charge on any atom is 0.306 e. The smallest absolute Gasteiger partial charge is 0.306 e. The molecular formula is C15H23N3O3. The number of nitrogens with zero attached hydrogens (tertiary/aromatic N) is 2. The van der Waals surface area contributed by atoms with E-state index in [-0.39, 0.29) is 11.8 Å². The van der Waals surface area contributed by atoms with E-state index in [1.165, 1.54) is 0 Å². The molecule has 0 aliphatic heterocycles. The second-order valence-corrected chi connectivity index (χ2v) is 5.46. The maximum atomic E-state index is 11.3. The van der Waals surface area contributed by atoms with Crippen LogP contribution in [0, 0.1) is 11.8 Å². The summed E-state index contributed by atoms with van der Waals surface area (Å²) in [4.78, 5) is 19.7. The van der Waals surface area contributed by atoms with Crippen LogP contribution in [0.5, 0.6) is 5.88 Å². The van der Waals surface area contributed by atoms with Crippen LogP contribution in [0.25, 0.3) is 0 Å². The van der Waals surface area contributed by atoms with Gasteiger partial charge < -0.3 is 15.2 Å². The Morgan fingerprint density at radius 2 is 2.24 bits per heavy atom. The summed E-state index contributed by atoms with van der Waals surface area (Å²) >= 11 is 0. The highest BCUT2D eigenvalue weighted by atomic mass is 16.5. The van der Waals surface area contributed by atoms with Crippen molar-refractivity contribution in [1.29, 1.82) is 0 Å². The summed E-state index contributed by atoms with van der Waals surface area (Å²) in [7, 11) is 0. The van der Waals surface area contributed by atoms with Crippen molar-refractivity contribution in [3.63, 3.8) is 0 Å². The Hall–Kier alpha value is -1.85. The summed E-state index contributed by atoms with van der Waals surface area (Å²) < 4.78 is 5.44. The van der Waals surface area contributed by atoms with Crippen LogP contribution in [0.3, 0.4) is 0 Å². The number of carboxylic acids is 1. The van der Waals surface area contributed by atoms with Gasteiger partial charge in [-0.2, -0.15) is 4.98 Å². The Morgan fingerprint density at radius 1 is 1.43 bits per heavy atom. The van der Waals surface area contributed by atoms with Gasteiger partial charge in [-0.05, 0) is 25.2 Å². The summed E-state index contributed by atoms with van der Waals surface area (Å²) in [6, 6.07) is 0. The van der Waals surface area contributed by atoms with Crippen LogP contribution in [-0.2, 0) is 4.79 Å². The Labute approximate surface area is 124 Å². The molecule has 116 valence electrons. The number of carbonyl (C=O) groups is 1. The van der Waals surface area contributed by atoms with Crippen molar-refractivity contribution >= 4 is 11.8 Å². The Balaban J connectivity index is 1.90. The molecule has 6 heteroatoms. The van der Waals surface area contributed by atoms with E-state index in [1.807, 2.05) is 6.92 Å². The van der Waals surface area contributed by atoms with Gasteiger partial charge in [0.2, 0.25) is 5.88 Å². The van der Waals surface area contributed by atoms with Crippen molar-refractivity contribution in [3.8, 4) is 5.88 Å². The number of aromatic nitrogens is 2. The van der Waals surface area contributed by atoms with Crippen molar-refractivity contribution < 1.29 is 14.6 Å². The summed E-state index contributed by atoms with van der Waals surface area (Å²) in [6.45, 7) is 3.26. The van der Waals surface area contributed by atoms with E-state index in [9.17, 15) is 9.90 Å². The lowest BCUT2D eigenvalue weighted by Crippen LogP contribution is -2.31. The van der Waals surface area contributed by atoms with Gasteiger partial charge in [-0.15, -0.1) is 0 Å². The van der Waals surface area contributed by atoms with Crippen LogP contribution >= 0.6 is 0 Å². The maximum absolute atomic E-state index is 11.3. The summed E-state index contributed by atoms with van der Waals surface area (Å²) in [5.74, 6) is 0.350. The largest absolute Gasteiger partial charge is 0.481 e. The zero-order valence-electron chi connectivity index (χ0n) is 12.4. The molecule has 1 aromatic heterocycles. The molecule has 0 spiro atoms. The van der Waals surface area contributed by atoms with Crippen molar-refractivity contribution in [2.75, 3.05) is 18.5 Å². The molecule has 1 aliphatic rings. The number of aliphatic carboxylic acids is 1. The van der Waals surface area contributed by atoms with Gasteiger partial charge in [0.15, 0.2) is 0 Å². The minimum atomic E-state index is -0.687. The first-order chi connectivity index (χ1) is 10.2. The average molecular weight is 293 g/mol. The predicted molar refractivity (Wildman–Crippen MR) is 79.4 cm³/mol. The van der Waals surface area contributed by atoms with Gasteiger partial charge in [0, 0.05) is 6.54 Å². The fourth-order valence-corrected chi connectivity index (χ4v) is 2.72. The summed E-state index contributed by atoms with van der Waals surface area (Å²) in [5, 5.41) is 12.5. The van der Waals surface area contributed by atoms with Gasteiger partial charge in [0.25, 0.3) is 0 Å². The molecular weight excluding hydrogens is 270 g/mol. The molecule has 21 heavy (non-hydrogen) atoms. The third-order valence-electron chi connectivity index (χ3n) is 3.84. The minimum Gasteiger partial charge on any atom is -0.481 e. The highest BCUT2D eigenvalue weighted by Crippen LogP contribution is 2.30. The number of hydrogen-bond acceptors (Lipinski definition) is 5. The number of carboxylic acid groups (broad SMARTS) is 1. The SMILES string of the molecule is CCCOc1cncc(NCC2CCCCC2C(=O)O)n1. The van der Waals surface area contributed by atoms with E-state index >= 15 is 0 Å². The molecule has 2 N–H and O–H groups in total. The summed E-state index contributed by atoms with van der Waals surface area (Å²) in [6.07, 6.45) is 7.96. The topological polar surface area (TPSA) is 84.3 Å². The Bertz CT molecular complexity index is 467. The van der Waals surface area contributed by atoms with Crippen LogP contribution in [0.4, 0.5) is 5.82 Å². The molecule has 0 saturated heterocycles. The van der Waals surface area contributed by atoms with Crippen molar-refractivity contribution in [3.05, 3.63) is 12.4 Å². The average Bonchev–Trinajstić information content (AvgIpc) is 2.51. The zero-order valence-corrected chi connectivity index (χ0v) is 12.4. The molecule has 1 aliphatic carbocycles. The van der Waals surface area contributed by atoms with Crippen molar-refractivity contribution in [2.45, 2.75) is 39.0 Å². The lowest BCUT2D eigenvalue weighted by molar-refractivity contribution is -0.144. The van der Waals surface area contributed by atoms with Gasteiger partial charge in [-0.3, -0.25) is 9.78 Å². The lowest BCUT2D eigenvalue weighted by Gasteiger charge is -2.28. The second kappa shape index (κ2) is 7.81. The van der Waals surface area contributed by atoms with E-state index < -0.39 is 5.97 Å². The second-order valence-electron chi connectivity index (χ2n) is 5.46. The quantitative estimate of drug-likeness (QED) is 0.803. The Kier molecular flexibility index (Phi) is 5.78. The molecule has 0 amide bonds. The standard InChI is InChI=1S/C15H23N3O3/c1-2-7-21-14-10-16-9-13(18-14)17-8-11-5-3-4-6-12(11)15(19)20/h9-12H,2-8H2,1H3,(H,17,18)(H,19,20). The Morgan fingerprint density at radius 3 is 3.00 bits per heavy atom. The minimum absolute atomic E-state index is 0.151. The normalized spacial score (nSPS) is 21.8. The van der Waals surface area contributed by atoms with E-state index in [4.69, 9.17) is 4.74 Å². The first-order valence-electron chi connectivity index (χ1n) is 7.62. The molecule has 0 radical (unpaired) electrons. The van der Waals surface area contributed by atoms with E-state index in [1.54, 1.807) is 12.4 Å². The van der Waals surface area contributed by atoms with Crippen molar-refractivity contribution in [2.24, 2.45) is 11.8 Å². The monoisotopic (exact) mass is 293 g/mol.